The highest BCUT2D eigenvalue weighted by molar-refractivity contribution is 5.51. The minimum absolute atomic E-state index is 0.0572. The highest BCUT2D eigenvalue weighted by Gasteiger charge is 2.30. The molecule has 0 saturated carbocycles. The molecule has 1 heteroatoms. The average molecular weight is 333 g/mol. The third-order valence-corrected chi connectivity index (χ3v) is 5.16. The predicted molar refractivity (Wildman–Crippen MR) is 107 cm³/mol. The van der Waals surface area contributed by atoms with Crippen LogP contribution in [0.5, 0.6) is 5.75 Å². The number of benzene rings is 1. The zero-order chi connectivity index (χ0) is 18.8. The van der Waals surface area contributed by atoms with Crippen LogP contribution in [-0.4, -0.2) is 5.11 Å². The van der Waals surface area contributed by atoms with Crippen LogP contribution in [0.2, 0.25) is 0 Å². The lowest BCUT2D eigenvalue weighted by molar-refractivity contribution is 0.413. The molecule has 0 heterocycles. The quantitative estimate of drug-likeness (QED) is 0.544. The topological polar surface area (TPSA) is 20.2 Å². The second-order valence-electron chi connectivity index (χ2n) is 10.1. The van der Waals surface area contributed by atoms with E-state index in [9.17, 15) is 5.11 Å². The molecule has 0 unspecified atom stereocenters. The summed E-state index contributed by atoms with van der Waals surface area (Å²) in [7, 11) is 0. The maximum Gasteiger partial charge on any atom is 0.123 e. The van der Waals surface area contributed by atoms with Crippen LogP contribution in [0.4, 0.5) is 0 Å². The second-order valence-corrected chi connectivity index (χ2v) is 10.1. The molecule has 0 amide bonds. The van der Waals surface area contributed by atoms with Gasteiger partial charge in [-0.25, -0.2) is 0 Å². The zero-order valence-corrected chi connectivity index (χ0v) is 17.6. The van der Waals surface area contributed by atoms with E-state index in [0.29, 0.717) is 5.75 Å². The van der Waals surface area contributed by atoms with Crippen molar-refractivity contribution in [2.75, 3.05) is 0 Å². The second kappa shape index (κ2) is 7.50. The van der Waals surface area contributed by atoms with Crippen LogP contribution >= 0.6 is 0 Å². The number of aromatic hydroxyl groups is 1. The first kappa shape index (κ1) is 21.1. The van der Waals surface area contributed by atoms with Gasteiger partial charge in [-0.2, -0.15) is 0 Å². The maximum absolute atomic E-state index is 10.9. The Morgan fingerprint density at radius 1 is 0.750 bits per heavy atom. The Morgan fingerprint density at radius 3 is 1.58 bits per heavy atom. The van der Waals surface area contributed by atoms with Crippen LogP contribution in [0.1, 0.15) is 111 Å². The van der Waals surface area contributed by atoms with Gasteiger partial charge in [0.1, 0.15) is 5.75 Å². The number of phenols is 1. The summed E-state index contributed by atoms with van der Waals surface area (Å²) in [5.74, 6) is 0.487. The third kappa shape index (κ3) is 5.26. The van der Waals surface area contributed by atoms with Crippen molar-refractivity contribution in [3.63, 3.8) is 0 Å². The predicted octanol–water partition coefficient (Wildman–Crippen LogP) is 7.24. The SMILES string of the molecule is CCCCCCC(C)(C)c1cc(C(C)(C)C)c(O)c(C(C)(C)C)c1. The van der Waals surface area contributed by atoms with Gasteiger partial charge in [-0.15, -0.1) is 0 Å². The van der Waals surface area contributed by atoms with E-state index in [2.05, 4.69) is 74.4 Å². The summed E-state index contributed by atoms with van der Waals surface area (Å²) in [4.78, 5) is 0. The molecular formula is C23H40O. The maximum atomic E-state index is 10.9. The lowest BCUT2D eigenvalue weighted by Gasteiger charge is -2.33. The van der Waals surface area contributed by atoms with Crippen LogP contribution < -0.4 is 0 Å². The molecule has 0 radical (unpaired) electrons. The molecule has 1 nitrogen and oxygen atoms in total. The van der Waals surface area contributed by atoms with Gasteiger partial charge < -0.3 is 5.11 Å². The molecule has 1 aromatic rings. The summed E-state index contributed by atoms with van der Waals surface area (Å²) in [6.45, 7) is 20.1. The summed E-state index contributed by atoms with van der Waals surface area (Å²) in [6, 6.07) is 4.51. The van der Waals surface area contributed by atoms with Crippen molar-refractivity contribution >= 4 is 0 Å². The van der Waals surface area contributed by atoms with E-state index < -0.39 is 0 Å². The summed E-state index contributed by atoms with van der Waals surface area (Å²) in [6.07, 6.45) is 6.40. The molecule has 0 bridgehead atoms. The van der Waals surface area contributed by atoms with Crippen molar-refractivity contribution in [2.45, 2.75) is 111 Å². The summed E-state index contributed by atoms with van der Waals surface area (Å²) in [5, 5.41) is 10.9. The standard InChI is InChI=1S/C23H40O/c1-10-11-12-13-14-23(8,9)17-15-18(21(2,3)4)20(24)19(16-17)22(5,6)7/h15-16,24H,10-14H2,1-9H3. The lowest BCUT2D eigenvalue weighted by atomic mass is 9.73. The molecule has 0 aliphatic carbocycles. The molecule has 24 heavy (non-hydrogen) atoms. The van der Waals surface area contributed by atoms with Crippen LogP contribution in [-0.2, 0) is 16.2 Å². The van der Waals surface area contributed by atoms with Crippen molar-refractivity contribution in [2.24, 2.45) is 0 Å². The van der Waals surface area contributed by atoms with Gasteiger partial charge in [0, 0.05) is 0 Å². The minimum atomic E-state index is -0.0572. The number of hydrogen-bond donors (Lipinski definition) is 1. The van der Waals surface area contributed by atoms with Gasteiger partial charge in [-0.3, -0.25) is 0 Å². The van der Waals surface area contributed by atoms with Crippen molar-refractivity contribution < 1.29 is 5.11 Å². The van der Waals surface area contributed by atoms with Crippen molar-refractivity contribution in [1.29, 1.82) is 0 Å². The molecule has 0 atom stereocenters. The first-order valence-corrected chi connectivity index (χ1v) is 9.69. The molecule has 1 rings (SSSR count). The van der Waals surface area contributed by atoms with Crippen molar-refractivity contribution in [3.8, 4) is 5.75 Å². The molecule has 138 valence electrons. The van der Waals surface area contributed by atoms with Gasteiger partial charge in [0.05, 0.1) is 0 Å². The van der Waals surface area contributed by atoms with Gasteiger partial charge in [0.2, 0.25) is 0 Å². The van der Waals surface area contributed by atoms with Crippen molar-refractivity contribution in [3.05, 3.63) is 28.8 Å². The smallest absolute Gasteiger partial charge is 0.123 e. The van der Waals surface area contributed by atoms with Crippen molar-refractivity contribution in [1.82, 2.24) is 0 Å². The average Bonchev–Trinajstić information content (AvgIpc) is 2.41. The van der Waals surface area contributed by atoms with Gasteiger partial charge in [-0.05, 0) is 39.4 Å². The number of phenolic OH excluding ortho intramolecular Hbond substituents is 1. The van der Waals surface area contributed by atoms with Gasteiger partial charge >= 0.3 is 0 Å². The number of rotatable bonds is 6. The molecule has 0 aromatic heterocycles. The fourth-order valence-electron chi connectivity index (χ4n) is 3.31. The molecule has 0 saturated heterocycles. The van der Waals surface area contributed by atoms with E-state index in [4.69, 9.17) is 0 Å². The highest BCUT2D eigenvalue weighted by Crippen LogP contribution is 2.43. The van der Waals surface area contributed by atoms with Crippen LogP contribution in [0.25, 0.3) is 0 Å². The molecule has 1 aromatic carbocycles. The van der Waals surface area contributed by atoms with Gasteiger partial charge in [-0.1, -0.05) is 100 Å². The Hall–Kier alpha value is -0.980. The Kier molecular flexibility index (Phi) is 6.58. The molecule has 0 spiro atoms. The van der Waals surface area contributed by atoms with E-state index in [1.165, 1.54) is 37.7 Å². The Labute approximate surface area is 150 Å². The van der Waals surface area contributed by atoms with Gasteiger partial charge in [0.25, 0.3) is 0 Å². The monoisotopic (exact) mass is 332 g/mol. The number of hydrogen-bond acceptors (Lipinski definition) is 1. The summed E-state index contributed by atoms with van der Waals surface area (Å²) >= 11 is 0. The van der Waals surface area contributed by atoms with Crippen LogP contribution in [0.3, 0.4) is 0 Å². The Bertz CT molecular complexity index is 503. The Morgan fingerprint density at radius 2 is 1.21 bits per heavy atom. The van der Waals surface area contributed by atoms with E-state index in [1.54, 1.807) is 0 Å². The van der Waals surface area contributed by atoms with Gasteiger partial charge in [0.15, 0.2) is 0 Å². The van der Waals surface area contributed by atoms with Crippen LogP contribution in [0, 0.1) is 0 Å². The molecule has 1 N–H and O–H groups in total. The van der Waals surface area contributed by atoms with E-state index in [0.717, 1.165) is 11.1 Å². The molecular weight excluding hydrogens is 292 g/mol. The third-order valence-electron chi connectivity index (χ3n) is 5.16. The molecule has 0 fully saturated rings. The molecule has 0 aliphatic rings. The van der Waals surface area contributed by atoms with E-state index in [-0.39, 0.29) is 16.2 Å². The van der Waals surface area contributed by atoms with E-state index >= 15 is 0 Å². The largest absolute Gasteiger partial charge is 0.507 e. The molecule has 0 aliphatic heterocycles. The van der Waals surface area contributed by atoms with E-state index in [1.807, 2.05) is 0 Å². The summed E-state index contributed by atoms with van der Waals surface area (Å²) < 4.78 is 0. The fourth-order valence-corrected chi connectivity index (χ4v) is 3.31. The normalized spacial score (nSPS) is 13.4. The minimum Gasteiger partial charge on any atom is -0.507 e. The Balaban J connectivity index is 3.33. The van der Waals surface area contributed by atoms with Crippen LogP contribution in [0.15, 0.2) is 12.1 Å². The fraction of sp³-hybridized carbons (Fsp3) is 0.739. The lowest BCUT2D eigenvalue weighted by Crippen LogP contribution is -2.23. The zero-order valence-electron chi connectivity index (χ0n) is 17.6. The highest BCUT2D eigenvalue weighted by atomic mass is 16.3. The summed E-state index contributed by atoms with van der Waals surface area (Å²) in [5.41, 5.74) is 3.54. The first-order valence-electron chi connectivity index (χ1n) is 9.69. The first-order chi connectivity index (χ1) is 10.8. The number of unbranched alkanes of at least 4 members (excludes halogenated alkanes) is 3.